The second kappa shape index (κ2) is 30.8. The van der Waals surface area contributed by atoms with Gasteiger partial charge >= 0.3 is 0 Å². The first-order chi connectivity index (χ1) is 47.1. The van der Waals surface area contributed by atoms with Gasteiger partial charge in [-0.05, 0) is 100 Å². The van der Waals surface area contributed by atoms with Crippen LogP contribution >= 0.6 is 0 Å². The second-order valence-electron chi connectivity index (χ2n) is 21.0. The summed E-state index contributed by atoms with van der Waals surface area (Å²) in [7, 11) is 0. The number of hydrogen-bond donors (Lipinski definition) is 0. The zero-order chi connectivity index (χ0) is 66.9. The molecule has 16 rings (SSSR count). The van der Waals surface area contributed by atoms with Crippen LogP contribution in [0.3, 0.4) is 0 Å². The summed E-state index contributed by atoms with van der Waals surface area (Å²) in [6.45, 7) is 15.4. The first kappa shape index (κ1) is 65.1. The molecule has 8 aromatic carbocycles. The van der Waals surface area contributed by atoms with Gasteiger partial charge in [-0.25, -0.2) is 53.6 Å². The topological polar surface area (TPSA) is 190 Å². The minimum atomic E-state index is -0.363. The smallest absolute Gasteiger partial charge is 0.239 e. The molecule has 8 aromatic heterocycles. The van der Waals surface area contributed by atoms with Crippen LogP contribution in [0.4, 0.5) is 8.78 Å². The van der Waals surface area contributed by atoms with E-state index in [1.54, 1.807) is 56.0 Å². The lowest BCUT2D eigenvalue weighted by atomic mass is 10.2. The molecule has 8 heterocycles. The number of benzene rings is 8. The summed E-state index contributed by atoms with van der Waals surface area (Å²) in [4.78, 5) is 62.0. The monoisotopic (exact) mass is 1260 g/mol. The molecule has 0 unspecified atom stereocenters. The summed E-state index contributed by atoms with van der Waals surface area (Å²) in [6, 6.07) is 73.1. The zero-order valence-electron chi connectivity index (χ0n) is 54.2. The van der Waals surface area contributed by atoms with Crippen LogP contribution in [0.15, 0.2) is 255 Å². The van der Waals surface area contributed by atoms with E-state index in [4.69, 9.17) is 15.0 Å². The molecule has 0 saturated heterocycles. The SMILES string of the molecule is CC.CC.Cc1nc(-c2cccc(F)c2)nc(-c2cccc(F)c2)n1.Cc1nc(-c2ccccc2)nc(-c2ccccc2)n1.Cc1nc(-c2cccnc2)nc(-c2cccnc2)n1.Cc1nc(-n2c3ccccc3c3ccccc32)nc(-n2c3ccccc3c3ccccc32)n1. The predicted molar refractivity (Wildman–Crippen MR) is 378 cm³/mol. The van der Waals surface area contributed by atoms with Crippen molar-refractivity contribution in [3.05, 3.63) is 290 Å². The van der Waals surface area contributed by atoms with Gasteiger partial charge in [-0.1, -0.05) is 185 Å². The van der Waals surface area contributed by atoms with E-state index in [9.17, 15) is 8.78 Å². The Hall–Kier alpha value is -12.4. The number of aromatic nitrogens is 16. The molecular formula is C78H66F2N16. The van der Waals surface area contributed by atoms with E-state index in [0.29, 0.717) is 75.4 Å². The number of halogens is 2. The molecule has 18 heteroatoms. The van der Waals surface area contributed by atoms with Crippen molar-refractivity contribution in [3.8, 4) is 80.2 Å². The minimum absolute atomic E-state index is 0.362. The van der Waals surface area contributed by atoms with Crippen molar-refractivity contribution < 1.29 is 8.78 Å². The lowest BCUT2D eigenvalue weighted by molar-refractivity contribution is 0.628. The molecular weight excluding hydrogens is 1200 g/mol. The van der Waals surface area contributed by atoms with Crippen LogP contribution in [-0.4, -0.2) is 78.9 Å². The number of para-hydroxylation sites is 4. The van der Waals surface area contributed by atoms with Crippen LogP contribution in [-0.2, 0) is 0 Å². The Morgan fingerprint density at radius 2 is 0.521 bits per heavy atom. The van der Waals surface area contributed by atoms with Gasteiger partial charge in [-0.2, -0.15) is 15.0 Å². The summed E-state index contributed by atoms with van der Waals surface area (Å²) in [6.07, 6.45) is 6.92. The Balaban J connectivity index is 0.000000132. The van der Waals surface area contributed by atoms with E-state index in [1.165, 1.54) is 45.8 Å². The molecule has 0 aliphatic rings. The van der Waals surface area contributed by atoms with Gasteiger partial charge in [0, 0.05) is 79.7 Å². The second-order valence-corrected chi connectivity index (χ2v) is 21.0. The van der Waals surface area contributed by atoms with Gasteiger partial charge in [0.1, 0.15) is 34.9 Å². The molecule has 96 heavy (non-hydrogen) atoms. The highest BCUT2D eigenvalue weighted by atomic mass is 19.1. The number of aryl methyl sites for hydroxylation is 4. The highest BCUT2D eigenvalue weighted by Gasteiger charge is 2.19. The average molecular weight is 1270 g/mol. The standard InChI is InChI=1S/C28H19N5.C16H11F2N3.C16H13N3.C14H11N5.2C2H6/c1-18-29-27(32-23-14-6-2-10-19(23)20-11-3-7-15-24(20)32)31-28(30-18)33-25-16-8-4-12-21(25)22-13-5-9-17-26(22)33;1-10-19-15(11-4-2-6-13(17)8-11)21-16(20-10)12-5-3-7-14(18)9-12;1-12-17-15(13-8-4-2-5-9-13)19-16(18-12)14-10-6-3-7-11-14;1-10-17-13(11-4-2-6-15-8-11)19-14(18-10)12-5-3-7-16-9-12;2*1-2/h2-17H,1H3;2-9H,1H3;2-11H,1H3;2-9H,1H3;2*1-2H3. The first-order valence-corrected chi connectivity index (χ1v) is 31.4. The quantitative estimate of drug-likeness (QED) is 0.140. The molecule has 16 aromatic rings. The predicted octanol–water partition coefficient (Wildman–Crippen LogP) is 18.0. The van der Waals surface area contributed by atoms with Gasteiger partial charge in [0.25, 0.3) is 0 Å². The molecule has 0 atom stereocenters. The van der Waals surface area contributed by atoms with Crippen LogP contribution < -0.4 is 0 Å². The fourth-order valence-electron chi connectivity index (χ4n) is 10.6. The molecule has 0 bridgehead atoms. The fourth-order valence-corrected chi connectivity index (χ4v) is 10.6. The van der Waals surface area contributed by atoms with E-state index in [0.717, 1.165) is 50.1 Å². The van der Waals surface area contributed by atoms with Crippen molar-refractivity contribution in [3.63, 3.8) is 0 Å². The first-order valence-electron chi connectivity index (χ1n) is 31.4. The van der Waals surface area contributed by atoms with Crippen LogP contribution in [0.2, 0.25) is 0 Å². The molecule has 0 amide bonds. The fraction of sp³-hybridized carbons (Fsp3) is 0.103. The van der Waals surface area contributed by atoms with E-state index in [1.807, 2.05) is 133 Å². The van der Waals surface area contributed by atoms with Crippen LogP contribution in [0.25, 0.3) is 124 Å². The Morgan fingerprint density at radius 3 is 0.833 bits per heavy atom. The largest absolute Gasteiger partial charge is 0.278 e. The number of hydrogen-bond acceptors (Lipinski definition) is 14. The molecule has 0 N–H and O–H groups in total. The summed E-state index contributed by atoms with van der Waals surface area (Å²) >= 11 is 0. The minimum Gasteiger partial charge on any atom is -0.278 e. The van der Waals surface area contributed by atoms with Crippen molar-refractivity contribution in [2.45, 2.75) is 55.4 Å². The third-order valence-corrected chi connectivity index (χ3v) is 14.6. The maximum atomic E-state index is 13.3. The molecule has 472 valence electrons. The number of fused-ring (bicyclic) bond motifs is 6. The molecule has 0 aliphatic carbocycles. The molecule has 0 radical (unpaired) electrons. The number of nitrogens with zero attached hydrogens (tertiary/aromatic N) is 16. The Labute approximate surface area is 554 Å². The Morgan fingerprint density at radius 1 is 0.250 bits per heavy atom. The molecule has 0 spiro atoms. The molecule has 0 aliphatic heterocycles. The summed E-state index contributed by atoms with van der Waals surface area (Å²) < 4.78 is 30.9. The summed E-state index contributed by atoms with van der Waals surface area (Å²) in [5.41, 5.74) is 9.19. The van der Waals surface area contributed by atoms with Gasteiger partial charge in [0.2, 0.25) is 11.9 Å². The molecule has 0 fully saturated rings. The lowest BCUT2D eigenvalue weighted by Gasteiger charge is -2.11. The Kier molecular flexibility index (Phi) is 20.9. The van der Waals surface area contributed by atoms with Crippen molar-refractivity contribution in [2.24, 2.45) is 0 Å². The molecule has 16 nitrogen and oxygen atoms in total. The average Bonchev–Trinajstić information content (AvgIpc) is 1.59. The lowest BCUT2D eigenvalue weighted by Crippen LogP contribution is -2.10. The van der Waals surface area contributed by atoms with Crippen LogP contribution in [0.1, 0.15) is 51.0 Å². The van der Waals surface area contributed by atoms with Crippen LogP contribution in [0.5, 0.6) is 0 Å². The van der Waals surface area contributed by atoms with Gasteiger partial charge < -0.3 is 0 Å². The zero-order valence-corrected chi connectivity index (χ0v) is 54.2. The maximum absolute atomic E-state index is 13.3. The van der Waals surface area contributed by atoms with Gasteiger partial charge in [-0.15, -0.1) is 0 Å². The highest BCUT2D eigenvalue weighted by Crippen LogP contribution is 2.34. The third-order valence-electron chi connectivity index (χ3n) is 14.6. The van der Waals surface area contributed by atoms with Gasteiger partial charge in [-0.3, -0.25) is 19.1 Å². The van der Waals surface area contributed by atoms with Crippen molar-refractivity contribution in [2.75, 3.05) is 0 Å². The Bertz CT molecular complexity index is 4720. The summed E-state index contributed by atoms with van der Waals surface area (Å²) in [5, 5.41) is 4.74. The van der Waals surface area contributed by atoms with E-state index < -0.39 is 0 Å². The molecule has 0 saturated carbocycles. The normalized spacial score (nSPS) is 10.6. The van der Waals surface area contributed by atoms with Gasteiger partial charge in [0.05, 0.1) is 22.1 Å². The highest BCUT2D eigenvalue weighted by molar-refractivity contribution is 6.10. The van der Waals surface area contributed by atoms with Crippen molar-refractivity contribution >= 4 is 43.6 Å². The van der Waals surface area contributed by atoms with E-state index in [-0.39, 0.29) is 11.6 Å². The van der Waals surface area contributed by atoms with E-state index >= 15 is 0 Å². The summed E-state index contributed by atoms with van der Waals surface area (Å²) in [5.74, 6) is 6.49. The number of rotatable bonds is 8. The van der Waals surface area contributed by atoms with E-state index in [2.05, 4.69) is 161 Å². The van der Waals surface area contributed by atoms with Crippen LogP contribution in [0, 0.1) is 39.3 Å². The number of pyridine rings is 2. The maximum Gasteiger partial charge on any atom is 0.239 e. The van der Waals surface area contributed by atoms with Crippen molar-refractivity contribution in [1.29, 1.82) is 0 Å². The van der Waals surface area contributed by atoms with Crippen molar-refractivity contribution in [1.82, 2.24) is 78.9 Å². The third kappa shape index (κ3) is 15.0. The van der Waals surface area contributed by atoms with Gasteiger partial charge in [0.15, 0.2) is 34.9 Å².